The van der Waals surface area contributed by atoms with E-state index in [9.17, 15) is 9.59 Å². The summed E-state index contributed by atoms with van der Waals surface area (Å²) in [6.45, 7) is 2.76. The van der Waals surface area contributed by atoms with Crippen LogP contribution in [0.25, 0.3) is 11.0 Å². The fraction of sp³-hybridized carbons (Fsp3) is 0.286. The van der Waals surface area contributed by atoms with Crippen molar-refractivity contribution in [2.45, 2.75) is 19.4 Å². The fourth-order valence-corrected chi connectivity index (χ4v) is 3.60. The number of hydrogen-bond donors (Lipinski definition) is 1. The monoisotopic (exact) mass is 378 g/mol. The molecule has 0 bridgehead atoms. The minimum absolute atomic E-state index is 0.0452. The highest BCUT2D eigenvalue weighted by Crippen LogP contribution is 2.36. The van der Waals surface area contributed by atoms with Crippen LogP contribution in [0.4, 0.5) is 11.6 Å². The summed E-state index contributed by atoms with van der Waals surface area (Å²) in [5, 5.41) is 2.89. The Morgan fingerprint density at radius 1 is 1.21 bits per heavy atom. The fourth-order valence-electron chi connectivity index (χ4n) is 3.60. The molecule has 7 heteroatoms. The number of aryl methyl sites for hydroxylation is 1. The minimum atomic E-state index is -0.621. The Balaban J connectivity index is 1.63. The lowest BCUT2D eigenvalue weighted by Gasteiger charge is -2.15. The number of carbonyl (C=O) groups is 2. The molecule has 2 amide bonds. The zero-order valence-electron chi connectivity index (χ0n) is 15.9. The number of fused-ring (bicyclic) bond motifs is 3. The van der Waals surface area contributed by atoms with Gasteiger partial charge in [0.05, 0.1) is 30.6 Å². The van der Waals surface area contributed by atoms with E-state index in [-0.39, 0.29) is 18.2 Å². The summed E-state index contributed by atoms with van der Waals surface area (Å²) in [5.74, 6) is 0.225. The Labute approximate surface area is 162 Å². The van der Waals surface area contributed by atoms with Crippen molar-refractivity contribution >= 4 is 34.5 Å². The van der Waals surface area contributed by atoms with Crippen molar-refractivity contribution in [3.8, 4) is 0 Å². The van der Waals surface area contributed by atoms with Gasteiger partial charge in [0.1, 0.15) is 6.04 Å². The van der Waals surface area contributed by atoms with Gasteiger partial charge >= 0.3 is 0 Å². The maximum Gasteiger partial charge on any atom is 0.253 e. The summed E-state index contributed by atoms with van der Waals surface area (Å²) in [6, 6.07) is 14.6. The molecule has 1 atom stereocenters. The van der Waals surface area contributed by atoms with E-state index < -0.39 is 6.04 Å². The van der Waals surface area contributed by atoms with Crippen molar-refractivity contribution in [3.63, 3.8) is 0 Å². The summed E-state index contributed by atoms with van der Waals surface area (Å²) in [4.78, 5) is 31.9. The number of methoxy groups -OCH3 is 1. The maximum absolute atomic E-state index is 13.0. The van der Waals surface area contributed by atoms with Gasteiger partial charge in [0.2, 0.25) is 11.9 Å². The molecule has 4 rings (SSSR count). The number of hydrogen-bond acceptors (Lipinski definition) is 4. The predicted molar refractivity (Wildman–Crippen MR) is 107 cm³/mol. The number of amides is 2. The normalized spacial score (nSPS) is 15.9. The van der Waals surface area contributed by atoms with Gasteiger partial charge in [-0.25, -0.2) is 4.98 Å². The van der Waals surface area contributed by atoms with Crippen LogP contribution >= 0.6 is 0 Å². The van der Waals surface area contributed by atoms with Crippen molar-refractivity contribution in [2.24, 2.45) is 0 Å². The van der Waals surface area contributed by atoms with Gasteiger partial charge < -0.3 is 10.1 Å². The second-order valence-electron chi connectivity index (χ2n) is 6.89. The van der Waals surface area contributed by atoms with E-state index in [1.165, 1.54) is 0 Å². The first kappa shape index (κ1) is 18.2. The molecule has 2 aromatic carbocycles. The number of aromatic nitrogens is 2. The van der Waals surface area contributed by atoms with Crippen LogP contribution in [0.3, 0.4) is 0 Å². The van der Waals surface area contributed by atoms with Crippen LogP contribution < -0.4 is 10.2 Å². The van der Waals surface area contributed by atoms with Crippen LogP contribution in [0.15, 0.2) is 48.5 Å². The van der Waals surface area contributed by atoms with Crippen LogP contribution in [-0.4, -0.2) is 41.6 Å². The molecule has 1 N–H and O–H groups in total. The van der Waals surface area contributed by atoms with Crippen molar-refractivity contribution in [3.05, 3.63) is 54.1 Å². The number of ether oxygens (including phenoxy) is 1. The van der Waals surface area contributed by atoms with Crippen molar-refractivity contribution in [2.75, 3.05) is 30.5 Å². The molecular formula is C21H22N4O3. The molecule has 1 aliphatic rings. The summed E-state index contributed by atoms with van der Waals surface area (Å²) in [6.07, 6.45) is 0.0452. The number of carbonyl (C=O) groups excluding carboxylic acids is 2. The average molecular weight is 378 g/mol. The van der Waals surface area contributed by atoms with Crippen molar-refractivity contribution in [1.29, 1.82) is 0 Å². The third-order valence-corrected chi connectivity index (χ3v) is 4.88. The Hall–Kier alpha value is -3.19. The molecule has 1 aromatic heterocycles. The van der Waals surface area contributed by atoms with Crippen LogP contribution in [-0.2, 0) is 14.3 Å². The molecule has 0 unspecified atom stereocenters. The first-order chi connectivity index (χ1) is 13.6. The molecule has 1 aliphatic heterocycles. The van der Waals surface area contributed by atoms with Gasteiger partial charge in [-0.2, -0.15) is 0 Å². The molecule has 0 saturated carbocycles. The standard InChI is InChI=1S/C21H22N4O3/c1-14-6-5-7-15(12-14)22-19(26)13-18-20(27)24(10-11-28-2)21-23-16-8-3-4-9-17(16)25(18)21/h3-9,12,18H,10-11,13H2,1-2H3,(H,22,26)/t18-/m0/s1. The molecule has 0 spiro atoms. The van der Waals surface area contributed by atoms with Crippen LogP contribution in [0.5, 0.6) is 0 Å². The molecule has 2 heterocycles. The van der Waals surface area contributed by atoms with Gasteiger partial charge in [-0.3, -0.25) is 19.1 Å². The first-order valence-electron chi connectivity index (χ1n) is 9.22. The molecule has 0 saturated heterocycles. The molecular weight excluding hydrogens is 356 g/mol. The molecule has 28 heavy (non-hydrogen) atoms. The van der Waals surface area contributed by atoms with Gasteiger partial charge in [0, 0.05) is 12.8 Å². The van der Waals surface area contributed by atoms with Gasteiger partial charge in [0.25, 0.3) is 5.91 Å². The first-order valence-corrected chi connectivity index (χ1v) is 9.22. The Bertz CT molecular complexity index is 1040. The lowest BCUT2D eigenvalue weighted by atomic mass is 10.1. The number of imidazole rings is 1. The zero-order chi connectivity index (χ0) is 19.7. The zero-order valence-corrected chi connectivity index (χ0v) is 15.9. The van der Waals surface area contributed by atoms with E-state index in [1.807, 2.05) is 60.0 Å². The van der Waals surface area contributed by atoms with Gasteiger partial charge in [0.15, 0.2) is 0 Å². The molecule has 0 radical (unpaired) electrons. The van der Waals surface area contributed by atoms with Gasteiger partial charge in [-0.05, 0) is 36.8 Å². The number of benzene rings is 2. The second-order valence-corrected chi connectivity index (χ2v) is 6.89. The van der Waals surface area contributed by atoms with E-state index in [2.05, 4.69) is 10.3 Å². The number of rotatable bonds is 6. The lowest BCUT2D eigenvalue weighted by molar-refractivity contribution is -0.124. The largest absolute Gasteiger partial charge is 0.383 e. The molecule has 7 nitrogen and oxygen atoms in total. The van der Waals surface area contributed by atoms with Crippen LogP contribution in [0, 0.1) is 6.92 Å². The highest BCUT2D eigenvalue weighted by Gasteiger charge is 2.40. The van der Waals surface area contributed by atoms with E-state index in [1.54, 1.807) is 12.0 Å². The van der Waals surface area contributed by atoms with Gasteiger partial charge in [-0.15, -0.1) is 0 Å². The quantitative estimate of drug-likeness (QED) is 0.716. The summed E-state index contributed by atoms with van der Waals surface area (Å²) in [7, 11) is 1.59. The Kier molecular flexibility index (Phi) is 4.83. The summed E-state index contributed by atoms with van der Waals surface area (Å²) in [5.41, 5.74) is 3.43. The molecule has 0 fully saturated rings. The minimum Gasteiger partial charge on any atom is -0.383 e. The smallest absolute Gasteiger partial charge is 0.253 e. The highest BCUT2D eigenvalue weighted by atomic mass is 16.5. The Morgan fingerprint density at radius 2 is 2.04 bits per heavy atom. The number of nitrogens with zero attached hydrogens (tertiary/aromatic N) is 3. The second kappa shape index (κ2) is 7.44. The average Bonchev–Trinajstić information content (AvgIpc) is 3.16. The lowest BCUT2D eigenvalue weighted by Crippen LogP contribution is -2.33. The van der Waals surface area contributed by atoms with Gasteiger partial charge in [-0.1, -0.05) is 24.3 Å². The summed E-state index contributed by atoms with van der Waals surface area (Å²) >= 11 is 0. The predicted octanol–water partition coefficient (Wildman–Crippen LogP) is 2.91. The Morgan fingerprint density at radius 3 is 2.82 bits per heavy atom. The van der Waals surface area contributed by atoms with E-state index in [0.29, 0.717) is 19.1 Å². The maximum atomic E-state index is 13.0. The van der Waals surface area contributed by atoms with Crippen LogP contribution in [0.1, 0.15) is 18.0 Å². The highest BCUT2D eigenvalue weighted by molar-refractivity contribution is 6.05. The molecule has 144 valence electrons. The molecule has 3 aromatic rings. The third-order valence-electron chi connectivity index (χ3n) is 4.88. The van der Waals surface area contributed by atoms with Crippen molar-refractivity contribution < 1.29 is 14.3 Å². The number of nitrogens with one attached hydrogen (secondary N) is 1. The number of para-hydroxylation sites is 2. The topological polar surface area (TPSA) is 76.5 Å². The van der Waals surface area contributed by atoms with Crippen LogP contribution in [0.2, 0.25) is 0 Å². The summed E-state index contributed by atoms with van der Waals surface area (Å²) < 4.78 is 7.00. The van der Waals surface area contributed by atoms with E-state index in [0.717, 1.165) is 22.3 Å². The van der Waals surface area contributed by atoms with E-state index in [4.69, 9.17) is 4.74 Å². The van der Waals surface area contributed by atoms with Crippen molar-refractivity contribution in [1.82, 2.24) is 9.55 Å². The SMILES string of the molecule is COCCN1C(=O)[C@H](CC(=O)Nc2cccc(C)c2)n2c1nc1ccccc12. The molecule has 0 aliphatic carbocycles. The van der Waals surface area contributed by atoms with E-state index >= 15 is 0 Å². The third kappa shape index (κ3) is 3.25. The number of anilines is 2.